The second-order valence-corrected chi connectivity index (χ2v) is 9.42. The Labute approximate surface area is 222 Å². The van der Waals surface area contributed by atoms with E-state index in [9.17, 15) is 19.5 Å². The quantitative estimate of drug-likeness (QED) is 0.615. The van der Waals surface area contributed by atoms with Crippen LogP contribution in [0.2, 0.25) is 0 Å². The zero-order valence-corrected chi connectivity index (χ0v) is 21.9. The highest BCUT2D eigenvalue weighted by Gasteiger charge is 2.33. The number of amides is 3. The smallest absolute Gasteiger partial charge is 0.254 e. The monoisotopic (exact) mass is 525 g/mol. The molecule has 0 unspecified atom stereocenters. The average molecular weight is 526 g/mol. The number of rotatable bonds is 5. The average Bonchev–Trinajstić information content (AvgIpc) is 2.93. The van der Waals surface area contributed by atoms with Crippen LogP contribution < -0.4 is 14.8 Å². The van der Waals surface area contributed by atoms with Crippen LogP contribution in [0, 0.1) is 0 Å². The lowest BCUT2D eigenvalue weighted by molar-refractivity contribution is -0.137. The SMILES string of the molecule is CCC(=O)N1CC[C@@H]2OCc3cccc(c3)Oc3cc(ccc3OC)C(=O)N(CCCO)CC(=O)N[C@H]2C1. The van der Waals surface area contributed by atoms with Gasteiger partial charge in [0.1, 0.15) is 5.75 Å². The van der Waals surface area contributed by atoms with Crippen LogP contribution >= 0.6 is 0 Å². The molecule has 1 fully saturated rings. The van der Waals surface area contributed by atoms with Crippen LogP contribution in [-0.4, -0.2) is 84.7 Å². The zero-order valence-electron chi connectivity index (χ0n) is 21.9. The van der Waals surface area contributed by atoms with Gasteiger partial charge in [0.2, 0.25) is 11.8 Å². The molecule has 0 spiro atoms. The number of hydrogen-bond acceptors (Lipinski definition) is 7. The highest BCUT2D eigenvalue weighted by Crippen LogP contribution is 2.33. The van der Waals surface area contributed by atoms with Gasteiger partial charge in [0.25, 0.3) is 5.91 Å². The maximum atomic E-state index is 13.5. The van der Waals surface area contributed by atoms with Crippen molar-refractivity contribution in [1.82, 2.24) is 15.1 Å². The number of hydrogen-bond donors (Lipinski definition) is 2. The van der Waals surface area contributed by atoms with Crippen LogP contribution in [0.4, 0.5) is 0 Å². The van der Waals surface area contributed by atoms with E-state index in [2.05, 4.69) is 5.32 Å². The topological polar surface area (TPSA) is 118 Å². The number of aliphatic hydroxyl groups excluding tert-OH is 1. The van der Waals surface area contributed by atoms with Gasteiger partial charge < -0.3 is 34.4 Å². The van der Waals surface area contributed by atoms with E-state index in [1.165, 1.54) is 12.0 Å². The number of methoxy groups -OCH3 is 1. The van der Waals surface area contributed by atoms with Crippen molar-refractivity contribution in [2.24, 2.45) is 0 Å². The third kappa shape index (κ3) is 6.62. The Kier molecular flexibility index (Phi) is 9.19. The maximum absolute atomic E-state index is 13.5. The largest absolute Gasteiger partial charge is 0.493 e. The fourth-order valence-electron chi connectivity index (χ4n) is 4.76. The third-order valence-corrected chi connectivity index (χ3v) is 6.76. The van der Waals surface area contributed by atoms with E-state index in [4.69, 9.17) is 14.2 Å². The predicted octanol–water partition coefficient (Wildman–Crippen LogP) is 2.34. The van der Waals surface area contributed by atoms with Crippen molar-refractivity contribution in [2.75, 3.05) is 39.9 Å². The highest BCUT2D eigenvalue weighted by molar-refractivity contribution is 5.97. The summed E-state index contributed by atoms with van der Waals surface area (Å²) in [6.07, 6.45) is 0.958. The van der Waals surface area contributed by atoms with E-state index in [1.807, 2.05) is 31.2 Å². The van der Waals surface area contributed by atoms with Crippen LogP contribution in [0.1, 0.15) is 42.1 Å². The fraction of sp³-hybridized carbons (Fsp3) is 0.464. The first kappa shape index (κ1) is 27.4. The molecule has 0 radical (unpaired) electrons. The molecule has 2 atom stereocenters. The van der Waals surface area contributed by atoms with Gasteiger partial charge in [-0.15, -0.1) is 0 Å². The molecule has 2 aliphatic rings. The van der Waals surface area contributed by atoms with Gasteiger partial charge in [0, 0.05) is 38.2 Å². The molecule has 38 heavy (non-hydrogen) atoms. The number of carbonyl (C=O) groups excluding carboxylic acids is 3. The molecule has 4 bridgehead atoms. The third-order valence-electron chi connectivity index (χ3n) is 6.76. The predicted molar refractivity (Wildman–Crippen MR) is 139 cm³/mol. The molecule has 4 rings (SSSR count). The number of nitrogens with zero attached hydrogens (tertiary/aromatic N) is 2. The summed E-state index contributed by atoms with van der Waals surface area (Å²) in [6, 6.07) is 11.9. The number of carbonyl (C=O) groups is 3. The number of aliphatic hydroxyl groups is 1. The number of piperidine rings is 1. The van der Waals surface area contributed by atoms with Crippen molar-refractivity contribution in [3.8, 4) is 17.2 Å². The van der Waals surface area contributed by atoms with Crippen molar-refractivity contribution < 1.29 is 33.7 Å². The minimum absolute atomic E-state index is 0.0183. The molecule has 10 heteroatoms. The van der Waals surface area contributed by atoms with Crippen LogP contribution in [0.3, 0.4) is 0 Å². The molecule has 2 heterocycles. The Morgan fingerprint density at radius 3 is 2.82 bits per heavy atom. The first-order chi connectivity index (χ1) is 18.4. The maximum Gasteiger partial charge on any atom is 0.254 e. The van der Waals surface area contributed by atoms with Crippen molar-refractivity contribution in [2.45, 2.75) is 44.9 Å². The zero-order chi connectivity index (χ0) is 27.1. The normalized spacial score (nSPS) is 20.3. The second-order valence-electron chi connectivity index (χ2n) is 9.42. The molecule has 2 N–H and O–H groups in total. The molecule has 3 amide bonds. The van der Waals surface area contributed by atoms with E-state index in [1.54, 1.807) is 23.1 Å². The number of likely N-dealkylation sites (tertiary alicyclic amines) is 1. The number of benzene rings is 2. The highest BCUT2D eigenvalue weighted by atomic mass is 16.5. The van der Waals surface area contributed by atoms with Gasteiger partial charge in [0.05, 0.1) is 32.4 Å². The molecular formula is C28H35N3O7. The number of fused-ring (bicyclic) bond motifs is 5. The van der Waals surface area contributed by atoms with Gasteiger partial charge in [-0.1, -0.05) is 19.1 Å². The first-order valence-corrected chi connectivity index (χ1v) is 13.0. The minimum Gasteiger partial charge on any atom is -0.493 e. The van der Waals surface area contributed by atoms with Crippen molar-refractivity contribution >= 4 is 17.7 Å². The minimum atomic E-state index is -0.429. The van der Waals surface area contributed by atoms with Gasteiger partial charge in [-0.25, -0.2) is 0 Å². The Balaban J connectivity index is 1.69. The standard InChI is InChI=1S/C28H35N3O7/c1-3-27(34)30-12-10-23-22(16-30)29-26(33)17-31(11-5-13-32)28(35)20-8-9-24(36-2)25(15-20)38-21-7-4-6-19(14-21)18-37-23/h4,6-9,14-15,22-23,32H,3,5,10-13,16-18H2,1-2H3,(H,29,33)/t22-,23-/m0/s1. The van der Waals surface area contributed by atoms with Gasteiger partial charge in [-0.3, -0.25) is 14.4 Å². The molecule has 0 aromatic heterocycles. The number of nitrogens with one attached hydrogen (secondary N) is 1. The van der Waals surface area contributed by atoms with Crippen LogP contribution in [-0.2, 0) is 20.9 Å². The first-order valence-electron chi connectivity index (χ1n) is 13.0. The van der Waals surface area contributed by atoms with Gasteiger partial charge in [-0.2, -0.15) is 0 Å². The summed E-state index contributed by atoms with van der Waals surface area (Å²) >= 11 is 0. The molecule has 2 aromatic carbocycles. The van der Waals surface area contributed by atoms with E-state index < -0.39 is 6.04 Å². The summed E-state index contributed by atoms with van der Waals surface area (Å²) in [5.41, 5.74) is 1.21. The van der Waals surface area contributed by atoms with Gasteiger partial charge in [-0.05, 0) is 48.7 Å². The Hall–Kier alpha value is -3.63. The van der Waals surface area contributed by atoms with E-state index >= 15 is 0 Å². The van der Waals surface area contributed by atoms with E-state index in [0.29, 0.717) is 61.8 Å². The summed E-state index contributed by atoms with van der Waals surface area (Å²) in [6.45, 7) is 2.86. The summed E-state index contributed by atoms with van der Waals surface area (Å²) in [5, 5.41) is 12.4. The fourth-order valence-corrected chi connectivity index (χ4v) is 4.76. The lowest BCUT2D eigenvalue weighted by Crippen LogP contribution is -2.58. The van der Waals surface area contributed by atoms with Crippen molar-refractivity contribution in [3.05, 3.63) is 53.6 Å². The Bertz CT molecular complexity index is 1160. The molecule has 0 aliphatic carbocycles. The Morgan fingerprint density at radius 2 is 2.05 bits per heavy atom. The summed E-state index contributed by atoms with van der Waals surface area (Å²) in [5.74, 6) is 0.667. The van der Waals surface area contributed by atoms with E-state index in [-0.39, 0.29) is 43.5 Å². The van der Waals surface area contributed by atoms with E-state index in [0.717, 1.165) is 5.56 Å². The van der Waals surface area contributed by atoms with Gasteiger partial charge >= 0.3 is 0 Å². The molecule has 0 saturated carbocycles. The van der Waals surface area contributed by atoms with Crippen LogP contribution in [0.5, 0.6) is 17.2 Å². The summed E-state index contributed by atoms with van der Waals surface area (Å²) < 4.78 is 17.8. The van der Waals surface area contributed by atoms with Crippen LogP contribution in [0.25, 0.3) is 0 Å². The summed E-state index contributed by atoms with van der Waals surface area (Å²) in [7, 11) is 1.52. The van der Waals surface area contributed by atoms with Crippen molar-refractivity contribution in [3.63, 3.8) is 0 Å². The molecular weight excluding hydrogens is 490 g/mol. The summed E-state index contributed by atoms with van der Waals surface area (Å²) in [4.78, 5) is 42.2. The van der Waals surface area contributed by atoms with Crippen molar-refractivity contribution in [1.29, 1.82) is 0 Å². The molecule has 204 valence electrons. The molecule has 2 aliphatic heterocycles. The Morgan fingerprint density at radius 1 is 1.21 bits per heavy atom. The molecule has 10 nitrogen and oxygen atoms in total. The lowest BCUT2D eigenvalue weighted by Gasteiger charge is -2.39. The molecule has 2 aromatic rings. The lowest BCUT2D eigenvalue weighted by atomic mass is 10.0. The van der Waals surface area contributed by atoms with Crippen LogP contribution in [0.15, 0.2) is 42.5 Å². The second kappa shape index (κ2) is 12.7. The van der Waals surface area contributed by atoms with Gasteiger partial charge in [0.15, 0.2) is 11.5 Å². The molecule has 1 saturated heterocycles. The number of ether oxygens (including phenoxy) is 3.